The Morgan fingerprint density at radius 2 is 1.50 bits per heavy atom. The van der Waals surface area contributed by atoms with E-state index >= 15 is 0 Å². The van der Waals surface area contributed by atoms with Crippen molar-refractivity contribution < 1.29 is 40.7 Å². The Kier molecular flexibility index (Phi) is 6.14. The monoisotopic (exact) mass is 514 g/mol. The number of hydrogen-bond acceptors (Lipinski definition) is 5. The number of carbonyl (C=O) groups excluding carboxylic acids is 2. The first-order chi connectivity index (χ1) is 15.8. The number of hydrogen-bond donors (Lipinski definition) is 0. The summed E-state index contributed by atoms with van der Waals surface area (Å²) in [5.74, 6) is 0.216. The van der Waals surface area contributed by atoms with Gasteiger partial charge in [-0.15, -0.1) is 0 Å². The lowest BCUT2D eigenvalue weighted by Crippen LogP contribution is -2.57. The van der Waals surface area contributed by atoms with E-state index in [0.29, 0.717) is 43.1 Å². The highest BCUT2D eigenvalue weighted by Crippen LogP contribution is 2.51. The fraction of sp³-hybridized carbons (Fsp3) is 0.700. The predicted octanol–water partition coefficient (Wildman–Crippen LogP) is 4.25. The number of halogens is 7. The molecule has 2 aliphatic heterocycles. The van der Waals surface area contributed by atoms with E-state index in [2.05, 4.69) is 14.7 Å². The molecule has 3 heterocycles. The smallest absolute Gasteiger partial charge is 0.426 e. The minimum absolute atomic E-state index is 0.129. The van der Waals surface area contributed by atoms with Crippen molar-refractivity contribution in [2.45, 2.75) is 67.9 Å². The van der Waals surface area contributed by atoms with Crippen molar-refractivity contribution >= 4 is 23.6 Å². The van der Waals surface area contributed by atoms with Crippen LogP contribution in [0.3, 0.4) is 0 Å². The number of rotatable bonds is 3. The molecule has 0 N–H and O–H groups in total. The summed E-state index contributed by atoms with van der Waals surface area (Å²) >= 11 is 5.84. The summed E-state index contributed by atoms with van der Waals surface area (Å²) in [6.45, 7) is 0.202. The van der Waals surface area contributed by atoms with Gasteiger partial charge < -0.3 is 14.5 Å². The van der Waals surface area contributed by atoms with Crippen molar-refractivity contribution in [3.63, 3.8) is 0 Å². The minimum Gasteiger partial charge on any atom is -0.426 e. The summed E-state index contributed by atoms with van der Waals surface area (Å²) < 4.78 is 80.2. The van der Waals surface area contributed by atoms with Crippen molar-refractivity contribution in [3.05, 3.63) is 23.2 Å². The molecule has 7 nitrogen and oxygen atoms in total. The third-order valence-corrected chi connectivity index (χ3v) is 7.01. The molecule has 34 heavy (non-hydrogen) atoms. The molecule has 1 aliphatic carbocycles. The zero-order valence-electron chi connectivity index (χ0n) is 17.8. The Morgan fingerprint density at radius 3 is 2.00 bits per heavy atom. The van der Waals surface area contributed by atoms with E-state index in [1.54, 1.807) is 4.90 Å². The third kappa shape index (κ3) is 4.50. The van der Waals surface area contributed by atoms with E-state index in [-0.39, 0.29) is 31.8 Å². The van der Waals surface area contributed by atoms with Crippen LogP contribution in [0.25, 0.3) is 0 Å². The van der Waals surface area contributed by atoms with Gasteiger partial charge in [-0.05, 0) is 38.5 Å². The average Bonchev–Trinajstić information content (AvgIpc) is 3.47. The molecule has 1 saturated carbocycles. The van der Waals surface area contributed by atoms with E-state index in [4.69, 9.17) is 11.6 Å². The fourth-order valence-corrected chi connectivity index (χ4v) is 4.95. The van der Waals surface area contributed by atoms with E-state index < -0.39 is 35.5 Å². The molecule has 3 aliphatic rings. The number of aromatic nitrogens is 2. The molecular weight excluding hydrogens is 494 g/mol. The lowest BCUT2D eigenvalue weighted by atomic mass is 9.84. The summed E-state index contributed by atoms with van der Waals surface area (Å²) in [5.41, 5.74) is -1.49. The normalized spacial score (nSPS) is 21.8. The van der Waals surface area contributed by atoms with Gasteiger partial charge in [0.1, 0.15) is 11.2 Å². The molecule has 3 fully saturated rings. The predicted molar refractivity (Wildman–Crippen MR) is 105 cm³/mol. The zero-order valence-corrected chi connectivity index (χ0v) is 18.5. The first-order valence-corrected chi connectivity index (χ1v) is 11.1. The number of ether oxygens (including phenoxy) is 1. The third-order valence-electron chi connectivity index (χ3n) is 6.81. The maximum atomic E-state index is 13.5. The quantitative estimate of drug-likeness (QED) is 0.564. The highest BCUT2D eigenvalue weighted by atomic mass is 35.5. The summed E-state index contributed by atoms with van der Waals surface area (Å²) in [7, 11) is 0. The van der Waals surface area contributed by atoms with Crippen LogP contribution in [0.5, 0.6) is 0 Å². The number of amides is 2. The molecule has 1 aromatic heterocycles. The van der Waals surface area contributed by atoms with Gasteiger partial charge in [-0.2, -0.15) is 26.3 Å². The van der Waals surface area contributed by atoms with Gasteiger partial charge in [-0.3, -0.25) is 4.79 Å². The molecule has 4 rings (SSSR count). The Morgan fingerprint density at radius 1 is 0.941 bits per heavy atom. The Labute approximate surface area is 195 Å². The van der Waals surface area contributed by atoms with Crippen LogP contribution in [0, 0.1) is 0 Å². The van der Waals surface area contributed by atoms with Crippen molar-refractivity contribution in [1.82, 2.24) is 19.8 Å². The van der Waals surface area contributed by atoms with Crippen LogP contribution in [0.4, 0.5) is 31.1 Å². The lowest BCUT2D eigenvalue weighted by molar-refractivity contribution is -0.308. The minimum atomic E-state index is -5.78. The standard InChI is InChI=1S/C20H21ClF6N4O3/c21-12-10-28-14(29-11-12)18(3-4-18)15(32)31-7-1-2-17(31)5-8-30(9-6-17)16(33)34-13(19(22,23)24)20(25,26)27/h10-11,13H,1-9H2. The maximum Gasteiger partial charge on any atom is 0.434 e. The van der Waals surface area contributed by atoms with Gasteiger partial charge in [0.25, 0.3) is 6.10 Å². The molecule has 0 aromatic carbocycles. The van der Waals surface area contributed by atoms with Crippen LogP contribution in [0.2, 0.25) is 5.02 Å². The average molecular weight is 515 g/mol. The highest BCUT2D eigenvalue weighted by molar-refractivity contribution is 6.30. The summed E-state index contributed by atoms with van der Waals surface area (Å²) in [5, 5.41) is 0.335. The van der Waals surface area contributed by atoms with E-state index in [9.17, 15) is 35.9 Å². The van der Waals surface area contributed by atoms with Gasteiger partial charge in [-0.25, -0.2) is 14.8 Å². The molecule has 2 saturated heterocycles. The molecule has 1 spiro atoms. The summed E-state index contributed by atoms with van der Waals surface area (Å²) in [6, 6.07) is 0. The van der Waals surface area contributed by atoms with Gasteiger partial charge in [0.2, 0.25) is 5.91 Å². The SMILES string of the molecule is O=C(OC(C(F)(F)F)C(F)(F)F)N1CCC2(CCCN2C(=O)C2(c3ncc(Cl)cn3)CC2)CC1. The first-order valence-electron chi connectivity index (χ1n) is 10.7. The van der Waals surface area contributed by atoms with Gasteiger partial charge in [-0.1, -0.05) is 11.6 Å². The lowest BCUT2D eigenvalue weighted by Gasteiger charge is -2.45. The van der Waals surface area contributed by atoms with Crippen LogP contribution in [-0.2, 0) is 14.9 Å². The van der Waals surface area contributed by atoms with E-state index in [0.717, 1.165) is 4.90 Å². The van der Waals surface area contributed by atoms with Crippen LogP contribution in [0.15, 0.2) is 12.4 Å². The van der Waals surface area contributed by atoms with E-state index in [1.165, 1.54) is 12.4 Å². The topological polar surface area (TPSA) is 75.6 Å². The van der Waals surface area contributed by atoms with Crippen LogP contribution >= 0.6 is 11.6 Å². The molecule has 0 atom stereocenters. The zero-order chi connectivity index (χ0) is 24.9. The molecule has 0 radical (unpaired) electrons. The molecule has 188 valence electrons. The Hall–Kier alpha value is -2.31. The van der Waals surface area contributed by atoms with Crippen molar-refractivity contribution in [3.8, 4) is 0 Å². The molecular formula is C20H21ClF6N4O3. The first kappa shape index (κ1) is 24.8. The summed E-state index contributed by atoms with van der Waals surface area (Å²) in [6.07, 6.45) is -11.7. The summed E-state index contributed by atoms with van der Waals surface area (Å²) in [4.78, 5) is 36.6. The van der Waals surface area contributed by atoms with Crippen LogP contribution in [0.1, 0.15) is 44.3 Å². The van der Waals surface area contributed by atoms with Gasteiger partial charge >= 0.3 is 18.4 Å². The molecule has 0 unspecified atom stereocenters. The van der Waals surface area contributed by atoms with E-state index in [1.807, 2.05) is 0 Å². The maximum absolute atomic E-state index is 13.5. The second-order valence-electron chi connectivity index (χ2n) is 8.93. The van der Waals surface area contributed by atoms with Crippen molar-refractivity contribution in [2.75, 3.05) is 19.6 Å². The fourth-order valence-electron chi connectivity index (χ4n) is 4.85. The van der Waals surface area contributed by atoms with Crippen LogP contribution < -0.4 is 0 Å². The molecule has 0 bridgehead atoms. The Balaban J connectivity index is 1.43. The van der Waals surface area contributed by atoms with Crippen LogP contribution in [-0.4, -0.2) is 75.4 Å². The molecule has 2 amide bonds. The Bertz CT molecular complexity index is 929. The number of carbonyl (C=O) groups is 2. The number of piperidine rings is 1. The van der Waals surface area contributed by atoms with Gasteiger partial charge in [0.05, 0.1) is 5.02 Å². The number of likely N-dealkylation sites (tertiary alicyclic amines) is 2. The second-order valence-corrected chi connectivity index (χ2v) is 9.36. The second kappa shape index (κ2) is 8.42. The molecule has 1 aromatic rings. The number of alkyl halides is 6. The highest BCUT2D eigenvalue weighted by Gasteiger charge is 2.61. The van der Waals surface area contributed by atoms with Gasteiger partial charge in [0.15, 0.2) is 0 Å². The van der Waals surface area contributed by atoms with Gasteiger partial charge in [0, 0.05) is 37.6 Å². The van der Waals surface area contributed by atoms with Crippen molar-refractivity contribution in [2.24, 2.45) is 0 Å². The number of nitrogens with zero attached hydrogens (tertiary/aromatic N) is 4. The molecule has 14 heteroatoms. The largest absolute Gasteiger partial charge is 0.434 e. The van der Waals surface area contributed by atoms with Crippen molar-refractivity contribution in [1.29, 1.82) is 0 Å².